The van der Waals surface area contributed by atoms with Gasteiger partial charge in [0.05, 0.1) is 0 Å². The molecule has 0 unspecified atom stereocenters. The molecule has 40 radical (unpaired) electrons. The second-order valence-electron chi connectivity index (χ2n) is 14.4. The number of hydrogen-bond acceptors (Lipinski definition) is 1. The van der Waals surface area contributed by atoms with Gasteiger partial charge in [0.15, 0.2) is 0 Å². The summed E-state index contributed by atoms with van der Waals surface area (Å²) < 4.78 is 6.14. The zero-order valence-electron chi connectivity index (χ0n) is 31.3. The number of rotatable bonds is 3. The van der Waals surface area contributed by atoms with E-state index < -0.39 is 0 Å². The van der Waals surface area contributed by atoms with Crippen molar-refractivity contribution in [1.29, 1.82) is 0 Å². The molecule has 1 heterocycles. The summed E-state index contributed by atoms with van der Waals surface area (Å²) in [6.45, 7) is 0. The van der Waals surface area contributed by atoms with Crippen LogP contribution in [-0.2, 0) is 0 Å². The van der Waals surface area contributed by atoms with Gasteiger partial charge in [0.2, 0.25) is 0 Å². The van der Waals surface area contributed by atoms with E-state index in [0.717, 1.165) is 0 Å². The second kappa shape index (κ2) is 14.4. The molecule has 0 fully saturated rings. The van der Waals surface area contributed by atoms with Crippen molar-refractivity contribution in [3.05, 3.63) is 24.3 Å². The molecule has 1 nitrogen and oxygen atoms in total. The molecule has 7 aromatic carbocycles. The minimum Gasteiger partial charge on any atom is -0.457 e. The Balaban J connectivity index is 1.61. The van der Waals surface area contributed by atoms with Crippen LogP contribution >= 0.6 is 0 Å². The molecule has 59 heavy (non-hydrogen) atoms. The van der Waals surface area contributed by atoms with Crippen molar-refractivity contribution in [2.45, 2.75) is 0 Å². The SMILES string of the molecule is [B]c1c([B])c([B])c(-c2ccc(-c3c4c([B])c([B])c([B])c([B])c4c(-c4c([B])c([B])c5oc6c([B])c([B])c([B])c([B])c6c5c4[B])c4c([B])c([B])c([B])c([B])c34)cc2)c([B])c1[B]. The predicted molar refractivity (Wildman–Crippen MR) is 273 cm³/mol. The normalized spacial score (nSPS) is 11.7. The Morgan fingerprint density at radius 3 is 0.864 bits per heavy atom. The maximum atomic E-state index is 7.14. The average molecular weight is 693 g/mol. The second-order valence-corrected chi connectivity index (χ2v) is 14.4. The summed E-state index contributed by atoms with van der Waals surface area (Å²) in [6.07, 6.45) is 0. The Bertz CT molecular complexity index is 3150. The number of benzene rings is 7. The molecular formula is C38H4B20O. The van der Waals surface area contributed by atoms with E-state index in [0.29, 0.717) is 22.3 Å². The summed E-state index contributed by atoms with van der Waals surface area (Å²) in [4.78, 5) is 0. The number of furan rings is 1. The summed E-state index contributed by atoms with van der Waals surface area (Å²) in [7, 11) is 131. The largest absolute Gasteiger partial charge is 0.457 e. The molecule has 8 rings (SSSR count). The van der Waals surface area contributed by atoms with Gasteiger partial charge in [0.1, 0.15) is 168 Å². The van der Waals surface area contributed by atoms with Gasteiger partial charge < -0.3 is 4.42 Å². The smallest absolute Gasteiger partial charge is 0.127 e. The Morgan fingerprint density at radius 1 is 0.203 bits per heavy atom. The molecule has 0 aliphatic carbocycles. The Hall–Kier alpha value is -3.84. The maximum absolute atomic E-state index is 7.14. The van der Waals surface area contributed by atoms with Crippen LogP contribution in [0, 0.1) is 0 Å². The number of hydrogen-bond donors (Lipinski definition) is 0. The van der Waals surface area contributed by atoms with Gasteiger partial charge in [-0.1, -0.05) is 84.4 Å². The molecule has 0 saturated carbocycles. The summed E-state index contributed by atoms with van der Waals surface area (Å²) in [5.41, 5.74) is 2.30. The molecule has 0 saturated heterocycles. The molecule has 0 amide bonds. The van der Waals surface area contributed by atoms with Crippen LogP contribution in [0.4, 0.5) is 0 Å². The van der Waals surface area contributed by atoms with E-state index in [1.54, 1.807) is 24.3 Å². The van der Waals surface area contributed by atoms with Crippen molar-refractivity contribution in [2.75, 3.05) is 0 Å². The third-order valence-electron chi connectivity index (χ3n) is 11.4. The van der Waals surface area contributed by atoms with Crippen LogP contribution in [0.1, 0.15) is 0 Å². The van der Waals surface area contributed by atoms with Crippen LogP contribution in [0.15, 0.2) is 28.7 Å². The Morgan fingerprint density at radius 2 is 0.458 bits per heavy atom. The fraction of sp³-hybridized carbons (Fsp3) is 0. The minimum atomic E-state index is -0.0780. The van der Waals surface area contributed by atoms with Gasteiger partial charge in [0, 0.05) is 10.8 Å². The highest BCUT2D eigenvalue weighted by atomic mass is 16.3. The standard InChI is InChI=1S/C38H4B20O/c39-17-14(24(46)35(57)37-15(17)16-25(47)32(54)34(56)36(58)38(16)59-37)9-12-10(20(42)28(50)30(52)22(12)44)7(11-13(9)23(45)31(53)29(51)21(11)43)5-1-3-6(4-2-5)8-18(40)26(48)33(55)27(49)19(8)41/h1-4H. The molecular weight excluding hydrogens is 689 g/mol. The molecule has 0 aliphatic heterocycles. The predicted octanol–water partition coefficient (Wildman–Crippen LogP) is -13.2. The lowest BCUT2D eigenvalue weighted by molar-refractivity contribution is 0.675. The molecule has 222 valence electrons. The van der Waals surface area contributed by atoms with E-state index in [1.807, 2.05) is 0 Å². The van der Waals surface area contributed by atoms with Crippen LogP contribution in [0.2, 0.25) is 0 Å². The first-order valence-corrected chi connectivity index (χ1v) is 17.5. The van der Waals surface area contributed by atoms with Crippen LogP contribution in [0.25, 0.3) is 76.9 Å². The van der Waals surface area contributed by atoms with E-state index in [9.17, 15) is 0 Å². The first-order chi connectivity index (χ1) is 27.7. The lowest BCUT2D eigenvalue weighted by Gasteiger charge is -2.30. The number of fused-ring (bicyclic) bond motifs is 5. The summed E-state index contributed by atoms with van der Waals surface area (Å²) in [6, 6.07) is 6.93. The highest BCUT2D eigenvalue weighted by Gasteiger charge is 2.28. The fourth-order valence-electron chi connectivity index (χ4n) is 8.12. The monoisotopic (exact) mass is 696 g/mol. The van der Waals surface area contributed by atoms with Crippen LogP contribution < -0.4 is 109 Å². The van der Waals surface area contributed by atoms with Crippen molar-refractivity contribution >= 4 is 310 Å². The van der Waals surface area contributed by atoms with Crippen LogP contribution in [0.5, 0.6) is 0 Å². The molecule has 0 N–H and O–H groups in total. The zero-order chi connectivity index (χ0) is 43.2. The maximum Gasteiger partial charge on any atom is 0.127 e. The summed E-state index contributed by atoms with van der Waals surface area (Å²) >= 11 is 0. The average Bonchev–Trinajstić information content (AvgIpc) is 3.63. The quantitative estimate of drug-likeness (QED) is 0.133. The van der Waals surface area contributed by atoms with Gasteiger partial charge in [-0.05, 0) is 54.9 Å². The van der Waals surface area contributed by atoms with E-state index in [1.165, 1.54) is 0 Å². The molecule has 8 aromatic rings. The lowest BCUT2D eigenvalue weighted by Crippen LogP contribution is -2.55. The van der Waals surface area contributed by atoms with Gasteiger partial charge in [-0.2, -0.15) is 0 Å². The first kappa shape index (κ1) is 41.9. The van der Waals surface area contributed by atoms with Crippen molar-refractivity contribution < 1.29 is 4.42 Å². The van der Waals surface area contributed by atoms with Crippen molar-refractivity contribution in [2.24, 2.45) is 0 Å². The van der Waals surface area contributed by atoms with Gasteiger partial charge in [0.25, 0.3) is 0 Å². The van der Waals surface area contributed by atoms with Gasteiger partial charge >= 0.3 is 0 Å². The van der Waals surface area contributed by atoms with E-state index in [-0.39, 0.29) is 164 Å². The molecule has 1 aromatic heterocycles. The summed E-state index contributed by atoms with van der Waals surface area (Å²) in [5, 5.41) is 1.34. The lowest BCUT2D eigenvalue weighted by atomic mass is 9.58. The molecule has 21 heteroatoms. The van der Waals surface area contributed by atoms with Gasteiger partial charge in [-0.3, -0.25) is 0 Å². The third kappa shape index (κ3) is 5.60. The minimum absolute atomic E-state index is 0.00120. The Kier molecular flexibility index (Phi) is 10.2. The first-order valence-electron chi connectivity index (χ1n) is 17.5. The van der Waals surface area contributed by atoms with Crippen molar-refractivity contribution in [3.8, 4) is 33.4 Å². The molecule has 0 spiro atoms. The van der Waals surface area contributed by atoms with E-state index in [4.69, 9.17) is 161 Å². The zero-order valence-corrected chi connectivity index (χ0v) is 31.3. The third-order valence-corrected chi connectivity index (χ3v) is 11.4. The van der Waals surface area contributed by atoms with Crippen molar-refractivity contribution in [1.82, 2.24) is 0 Å². The highest BCUT2D eigenvalue weighted by Crippen LogP contribution is 2.40. The fourth-order valence-corrected chi connectivity index (χ4v) is 8.12. The molecule has 0 bridgehead atoms. The molecule has 0 atom stereocenters. The van der Waals surface area contributed by atoms with Crippen LogP contribution in [-0.4, -0.2) is 157 Å². The van der Waals surface area contributed by atoms with E-state index >= 15 is 0 Å². The summed E-state index contributed by atoms with van der Waals surface area (Å²) in [5.74, 6) is 0. The van der Waals surface area contributed by atoms with E-state index in [2.05, 4.69) is 0 Å². The van der Waals surface area contributed by atoms with Crippen molar-refractivity contribution in [3.63, 3.8) is 0 Å². The molecule has 0 aliphatic rings. The van der Waals surface area contributed by atoms with Gasteiger partial charge in [-0.15, -0.1) is 49.2 Å². The van der Waals surface area contributed by atoms with Crippen LogP contribution in [0.3, 0.4) is 0 Å². The highest BCUT2D eigenvalue weighted by molar-refractivity contribution is 6.74. The Labute approximate surface area is 369 Å². The van der Waals surface area contributed by atoms with Gasteiger partial charge in [-0.25, -0.2) is 0 Å². The topological polar surface area (TPSA) is 13.1 Å².